The van der Waals surface area contributed by atoms with Gasteiger partial charge in [-0.25, -0.2) is 4.52 Å². The maximum Gasteiger partial charge on any atom is 0.0709 e. The molecule has 2 aromatic heterocycles. The molecule has 3 heteroatoms. The molecule has 0 saturated heterocycles. The Bertz CT molecular complexity index is 688. The van der Waals surface area contributed by atoms with Crippen molar-refractivity contribution in [3.63, 3.8) is 0 Å². The minimum absolute atomic E-state index is 0.355. The van der Waals surface area contributed by atoms with Crippen LogP contribution in [0.5, 0.6) is 0 Å². The van der Waals surface area contributed by atoms with E-state index in [1.165, 1.54) is 23.1 Å². The van der Waals surface area contributed by atoms with Gasteiger partial charge in [-0.15, -0.1) is 0 Å². The molecule has 1 atom stereocenters. The van der Waals surface area contributed by atoms with Crippen LogP contribution in [0, 0.1) is 0 Å². The lowest BCUT2D eigenvalue weighted by Crippen LogP contribution is -2.16. The van der Waals surface area contributed by atoms with Gasteiger partial charge in [0.05, 0.1) is 11.7 Å². The van der Waals surface area contributed by atoms with Gasteiger partial charge in [0.25, 0.3) is 0 Å². The van der Waals surface area contributed by atoms with E-state index in [0.29, 0.717) is 6.04 Å². The summed E-state index contributed by atoms with van der Waals surface area (Å²) < 4.78 is 1.94. The van der Waals surface area contributed by atoms with E-state index in [0.717, 1.165) is 12.8 Å². The van der Waals surface area contributed by atoms with E-state index in [-0.39, 0.29) is 0 Å². The van der Waals surface area contributed by atoms with E-state index < -0.39 is 0 Å². The van der Waals surface area contributed by atoms with E-state index in [1.807, 2.05) is 30.0 Å². The van der Waals surface area contributed by atoms with Crippen molar-refractivity contribution in [2.75, 3.05) is 7.05 Å². The second kappa shape index (κ2) is 6.55. The van der Waals surface area contributed by atoms with Gasteiger partial charge in [-0.2, -0.15) is 5.10 Å². The van der Waals surface area contributed by atoms with Crippen LogP contribution in [0.25, 0.3) is 5.52 Å². The molecule has 2 heterocycles. The van der Waals surface area contributed by atoms with E-state index in [9.17, 15) is 0 Å². The fourth-order valence-electron chi connectivity index (χ4n) is 2.83. The smallest absolute Gasteiger partial charge is 0.0709 e. The van der Waals surface area contributed by atoms with Gasteiger partial charge >= 0.3 is 0 Å². The maximum atomic E-state index is 4.43. The lowest BCUT2D eigenvalue weighted by Gasteiger charge is -2.15. The van der Waals surface area contributed by atoms with E-state index in [2.05, 4.69) is 52.9 Å². The van der Waals surface area contributed by atoms with Gasteiger partial charge in [-0.05, 0) is 44.0 Å². The van der Waals surface area contributed by atoms with Crippen molar-refractivity contribution in [3.8, 4) is 0 Å². The average molecular weight is 279 g/mol. The summed E-state index contributed by atoms with van der Waals surface area (Å²) in [6.45, 7) is 0. The Morgan fingerprint density at radius 3 is 2.71 bits per heavy atom. The molecule has 108 valence electrons. The average Bonchev–Trinajstić information content (AvgIpc) is 2.97. The summed E-state index contributed by atoms with van der Waals surface area (Å²) in [6, 6.07) is 17.2. The van der Waals surface area contributed by atoms with Crippen molar-refractivity contribution in [1.82, 2.24) is 14.9 Å². The van der Waals surface area contributed by atoms with Gasteiger partial charge in [0.2, 0.25) is 0 Å². The standard InChI is InChI=1S/C18H21N3/c1-19-17(11-7-10-15-8-3-2-4-9-15)16-14-20-21-13-6-5-12-18(16)21/h2-6,8-9,12-14,17,19H,7,10-11H2,1H3. The monoisotopic (exact) mass is 279 g/mol. The Morgan fingerprint density at radius 2 is 1.90 bits per heavy atom. The first kappa shape index (κ1) is 13.8. The quantitative estimate of drug-likeness (QED) is 0.747. The molecule has 0 amide bonds. The minimum Gasteiger partial charge on any atom is -0.313 e. The number of rotatable bonds is 6. The van der Waals surface area contributed by atoms with E-state index in [4.69, 9.17) is 0 Å². The lowest BCUT2D eigenvalue weighted by molar-refractivity contribution is 0.530. The normalized spacial score (nSPS) is 12.6. The maximum absolute atomic E-state index is 4.43. The van der Waals surface area contributed by atoms with Gasteiger partial charge in [-0.1, -0.05) is 36.4 Å². The third kappa shape index (κ3) is 3.14. The number of hydrogen-bond donors (Lipinski definition) is 1. The van der Waals surface area contributed by atoms with Crippen LogP contribution in [0.4, 0.5) is 0 Å². The highest BCUT2D eigenvalue weighted by molar-refractivity contribution is 5.54. The fraction of sp³-hybridized carbons (Fsp3) is 0.278. The zero-order valence-corrected chi connectivity index (χ0v) is 12.4. The Balaban J connectivity index is 1.68. The third-order valence-corrected chi connectivity index (χ3v) is 3.98. The number of nitrogens with zero attached hydrogens (tertiary/aromatic N) is 2. The first-order chi connectivity index (χ1) is 10.4. The van der Waals surface area contributed by atoms with Crippen LogP contribution >= 0.6 is 0 Å². The molecule has 0 aliphatic heterocycles. The van der Waals surface area contributed by atoms with Gasteiger partial charge in [0.1, 0.15) is 0 Å². The molecule has 0 aliphatic rings. The Kier molecular flexibility index (Phi) is 4.31. The van der Waals surface area contributed by atoms with Gasteiger partial charge < -0.3 is 5.32 Å². The fourth-order valence-corrected chi connectivity index (χ4v) is 2.83. The predicted octanol–water partition coefficient (Wildman–Crippen LogP) is 3.62. The Labute approximate surface area is 125 Å². The van der Waals surface area contributed by atoms with Crippen LogP contribution in [-0.4, -0.2) is 16.7 Å². The van der Waals surface area contributed by atoms with Gasteiger partial charge in [0.15, 0.2) is 0 Å². The molecule has 0 radical (unpaired) electrons. The third-order valence-electron chi connectivity index (χ3n) is 3.98. The highest BCUT2D eigenvalue weighted by Gasteiger charge is 2.14. The largest absolute Gasteiger partial charge is 0.313 e. The lowest BCUT2D eigenvalue weighted by atomic mass is 10.00. The molecule has 1 unspecified atom stereocenters. The van der Waals surface area contributed by atoms with Crippen molar-refractivity contribution in [1.29, 1.82) is 0 Å². The molecule has 0 fully saturated rings. The highest BCUT2D eigenvalue weighted by Crippen LogP contribution is 2.23. The van der Waals surface area contributed by atoms with Crippen LogP contribution in [0.2, 0.25) is 0 Å². The molecule has 3 rings (SSSR count). The van der Waals surface area contributed by atoms with Crippen molar-refractivity contribution in [2.24, 2.45) is 0 Å². The molecule has 0 bridgehead atoms. The number of pyridine rings is 1. The molecule has 3 nitrogen and oxygen atoms in total. The molecule has 0 aliphatic carbocycles. The van der Waals surface area contributed by atoms with E-state index >= 15 is 0 Å². The van der Waals surface area contributed by atoms with Crippen LogP contribution in [0.1, 0.15) is 30.0 Å². The SMILES string of the molecule is CNC(CCCc1ccccc1)c1cnn2ccccc12. The summed E-state index contributed by atoms with van der Waals surface area (Å²) in [5.41, 5.74) is 3.88. The molecule has 0 spiro atoms. The van der Waals surface area contributed by atoms with Crippen LogP contribution in [-0.2, 0) is 6.42 Å². The number of fused-ring (bicyclic) bond motifs is 1. The zero-order valence-electron chi connectivity index (χ0n) is 12.4. The second-order valence-corrected chi connectivity index (χ2v) is 5.35. The van der Waals surface area contributed by atoms with Gasteiger partial charge in [0, 0.05) is 17.8 Å². The van der Waals surface area contributed by atoms with Crippen molar-refractivity contribution >= 4 is 5.52 Å². The summed E-state index contributed by atoms with van der Waals surface area (Å²) in [5, 5.41) is 7.86. The number of nitrogens with one attached hydrogen (secondary N) is 1. The zero-order chi connectivity index (χ0) is 14.5. The van der Waals surface area contributed by atoms with Crippen molar-refractivity contribution in [2.45, 2.75) is 25.3 Å². The summed E-state index contributed by atoms with van der Waals surface area (Å²) in [7, 11) is 2.03. The van der Waals surface area contributed by atoms with Crippen molar-refractivity contribution in [3.05, 3.63) is 72.1 Å². The first-order valence-corrected chi connectivity index (χ1v) is 7.52. The molecule has 3 aromatic rings. The minimum atomic E-state index is 0.355. The van der Waals surface area contributed by atoms with Crippen LogP contribution in [0.15, 0.2) is 60.9 Å². The van der Waals surface area contributed by atoms with Crippen LogP contribution in [0.3, 0.4) is 0 Å². The van der Waals surface area contributed by atoms with Gasteiger partial charge in [-0.3, -0.25) is 0 Å². The summed E-state index contributed by atoms with van der Waals surface area (Å²) >= 11 is 0. The van der Waals surface area contributed by atoms with E-state index in [1.54, 1.807) is 0 Å². The number of hydrogen-bond acceptors (Lipinski definition) is 2. The van der Waals surface area contributed by atoms with Crippen LogP contribution < -0.4 is 5.32 Å². The first-order valence-electron chi connectivity index (χ1n) is 7.52. The number of benzene rings is 1. The molecule has 0 saturated carbocycles. The summed E-state index contributed by atoms with van der Waals surface area (Å²) in [4.78, 5) is 0. The number of aryl methyl sites for hydroxylation is 1. The molecule has 1 aromatic carbocycles. The van der Waals surface area contributed by atoms with Crippen molar-refractivity contribution < 1.29 is 0 Å². The topological polar surface area (TPSA) is 29.3 Å². The predicted molar refractivity (Wildman–Crippen MR) is 86.4 cm³/mol. The molecular weight excluding hydrogens is 258 g/mol. The molecule has 1 N–H and O–H groups in total. The highest BCUT2D eigenvalue weighted by atomic mass is 15.2. The summed E-state index contributed by atoms with van der Waals surface area (Å²) in [6.07, 6.45) is 7.38. The second-order valence-electron chi connectivity index (χ2n) is 5.35. The molecular formula is C18H21N3. The number of aromatic nitrogens is 2. The molecule has 21 heavy (non-hydrogen) atoms. The Hall–Kier alpha value is -2.13. The summed E-state index contributed by atoms with van der Waals surface area (Å²) in [5.74, 6) is 0. The Morgan fingerprint density at radius 1 is 1.10 bits per heavy atom.